The topological polar surface area (TPSA) is 78.9 Å². The van der Waals surface area contributed by atoms with E-state index in [2.05, 4.69) is 0 Å². The maximum Gasteiger partial charge on any atom is 0.324 e. The molecule has 0 aliphatic carbocycles. The van der Waals surface area contributed by atoms with Crippen molar-refractivity contribution >= 4 is 15.8 Å². The molecule has 0 spiro atoms. The molecule has 0 amide bonds. The molecule has 0 fully saturated rings. The van der Waals surface area contributed by atoms with Crippen molar-refractivity contribution in [1.82, 2.24) is 0 Å². The fourth-order valence-corrected chi connectivity index (χ4v) is 4.35. The number of benzene rings is 2. The lowest BCUT2D eigenvalue weighted by Crippen LogP contribution is -2.32. The molecule has 0 aromatic heterocycles. The van der Waals surface area contributed by atoms with Gasteiger partial charge in [0.15, 0.2) is 15.1 Å². The second kappa shape index (κ2) is 10.7. The summed E-state index contributed by atoms with van der Waals surface area (Å²) in [5.41, 5.74) is 0. The Morgan fingerprint density at radius 1 is 0.964 bits per heavy atom. The zero-order valence-electron chi connectivity index (χ0n) is 16.2. The van der Waals surface area contributed by atoms with Gasteiger partial charge in [0.2, 0.25) is 0 Å². The average Bonchev–Trinajstić information content (AvgIpc) is 2.71. The lowest BCUT2D eigenvalue weighted by molar-refractivity contribution is -0.142. The highest BCUT2D eigenvalue weighted by molar-refractivity contribution is 7.92. The van der Waals surface area contributed by atoms with Crippen molar-refractivity contribution in [3.8, 4) is 11.5 Å². The van der Waals surface area contributed by atoms with Gasteiger partial charge in [-0.15, -0.1) is 0 Å². The number of carbonyl (C=O) groups is 1. The number of ether oxygens (including phenoxy) is 3. The number of hydrogen-bond acceptors (Lipinski definition) is 6. The maximum atomic E-state index is 13.0. The molecule has 2 rings (SSSR count). The Morgan fingerprint density at radius 3 is 2.25 bits per heavy atom. The van der Waals surface area contributed by atoms with E-state index in [0.717, 1.165) is 5.75 Å². The zero-order chi connectivity index (χ0) is 20.4. The van der Waals surface area contributed by atoms with Crippen LogP contribution in [0.4, 0.5) is 0 Å². The minimum absolute atomic E-state index is 0.0758. The lowest BCUT2D eigenvalue weighted by atomic mass is 10.2. The van der Waals surface area contributed by atoms with Crippen LogP contribution in [0.2, 0.25) is 0 Å². The van der Waals surface area contributed by atoms with Crippen LogP contribution in [0.25, 0.3) is 0 Å². The van der Waals surface area contributed by atoms with Gasteiger partial charge < -0.3 is 14.2 Å². The van der Waals surface area contributed by atoms with E-state index >= 15 is 0 Å². The SMILES string of the molecule is CCOC(=O)C(CCCCOc1ccccc1)S(=O)(=O)c1ccc(OC)cc1. The van der Waals surface area contributed by atoms with Crippen molar-refractivity contribution in [2.24, 2.45) is 0 Å². The first-order valence-corrected chi connectivity index (χ1v) is 10.8. The molecule has 2 aromatic carbocycles. The van der Waals surface area contributed by atoms with Crippen LogP contribution in [-0.4, -0.2) is 40.0 Å². The van der Waals surface area contributed by atoms with Crippen LogP contribution in [-0.2, 0) is 19.4 Å². The number of rotatable bonds is 11. The summed E-state index contributed by atoms with van der Waals surface area (Å²) in [6, 6.07) is 15.4. The van der Waals surface area contributed by atoms with Crippen LogP contribution in [0.1, 0.15) is 26.2 Å². The molecule has 0 bridgehead atoms. The van der Waals surface area contributed by atoms with Crippen molar-refractivity contribution in [3.63, 3.8) is 0 Å². The van der Waals surface area contributed by atoms with E-state index in [0.29, 0.717) is 25.2 Å². The fourth-order valence-electron chi connectivity index (χ4n) is 2.70. The van der Waals surface area contributed by atoms with E-state index in [9.17, 15) is 13.2 Å². The number of esters is 1. The minimum atomic E-state index is -3.86. The largest absolute Gasteiger partial charge is 0.497 e. The first-order chi connectivity index (χ1) is 13.5. The number of unbranched alkanes of at least 4 members (excludes halogenated alkanes) is 1. The lowest BCUT2D eigenvalue weighted by Gasteiger charge is -2.17. The quantitative estimate of drug-likeness (QED) is 0.419. The fraction of sp³-hybridized carbons (Fsp3) is 0.381. The normalized spacial score (nSPS) is 12.2. The number of methoxy groups -OCH3 is 1. The van der Waals surface area contributed by atoms with Crippen LogP contribution in [0.5, 0.6) is 11.5 Å². The average molecular weight is 407 g/mol. The minimum Gasteiger partial charge on any atom is -0.497 e. The number of para-hydroxylation sites is 1. The molecule has 1 unspecified atom stereocenters. The molecule has 0 aliphatic rings. The van der Waals surface area contributed by atoms with Crippen molar-refractivity contribution in [3.05, 3.63) is 54.6 Å². The summed E-state index contributed by atoms with van der Waals surface area (Å²) in [7, 11) is -2.36. The summed E-state index contributed by atoms with van der Waals surface area (Å²) in [4.78, 5) is 12.4. The van der Waals surface area contributed by atoms with E-state index in [1.165, 1.54) is 19.2 Å². The van der Waals surface area contributed by atoms with Gasteiger partial charge in [-0.2, -0.15) is 0 Å². The monoisotopic (exact) mass is 406 g/mol. The molecule has 152 valence electrons. The predicted molar refractivity (Wildman–Crippen MR) is 106 cm³/mol. The third-order valence-electron chi connectivity index (χ3n) is 4.18. The summed E-state index contributed by atoms with van der Waals surface area (Å²) in [6.45, 7) is 2.23. The zero-order valence-corrected chi connectivity index (χ0v) is 17.0. The Morgan fingerprint density at radius 2 is 1.64 bits per heavy atom. The molecule has 0 radical (unpaired) electrons. The van der Waals surface area contributed by atoms with E-state index in [1.807, 2.05) is 30.3 Å². The smallest absolute Gasteiger partial charge is 0.324 e. The molecule has 0 N–H and O–H groups in total. The second-order valence-corrected chi connectivity index (χ2v) is 8.25. The van der Waals surface area contributed by atoms with Gasteiger partial charge in [0.05, 0.1) is 25.2 Å². The Bertz CT molecular complexity index is 831. The highest BCUT2D eigenvalue weighted by atomic mass is 32.2. The maximum absolute atomic E-state index is 13.0. The van der Waals surface area contributed by atoms with Crippen LogP contribution < -0.4 is 9.47 Å². The third-order valence-corrected chi connectivity index (χ3v) is 6.29. The predicted octanol–water partition coefficient (Wildman–Crippen LogP) is 3.65. The van der Waals surface area contributed by atoms with Crippen LogP contribution >= 0.6 is 0 Å². The van der Waals surface area contributed by atoms with Gasteiger partial charge in [-0.1, -0.05) is 18.2 Å². The molecular weight excluding hydrogens is 380 g/mol. The molecule has 6 nitrogen and oxygen atoms in total. The van der Waals surface area contributed by atoms with E-state index in [4.69, 9.17) is 14.2 Å². The Kier molecular flexibility index (Phi) is 8.32. The van der Waals surface area contributed by atoms with Gasteiger partial charge in [0.25, 0.3) is 0 Å². The van der Waals surface area contributed by atoms with Crippen molar-refractivity contribution in [2.75, 3.05) is 20.3 Å². The number of hydrogen-bond donors (Lipinski definition) is 0. The van der Waals surface area contributed by atoms with Gasteiger partial charge in [0, 0.05) is 0 Å². The Balaban J connectivity index is 2.01. The molecule has 0 heterocycles. The van der Waals surface area contributed by atoms with Gasteiger partial charge in [0.1, 0.15) is 11.5 Å². The summed E-state index contributed by atoms with van der Waals surface area (Å²) < 4.78 is 41.6. The Labute approximate surface area is 166 Å². The summed E-state index contributed by atoms with van der Waals surface area (Å²) in [5, 5.41) is -1.24. The number of sulfone groups is 1. The second-order valence-electron chi connectivity index (χ2n) is 6.12. The summed E-state index contributed by atoms with van der Waals surface area (Å²) >= 11 is 0. The van der Waals surface area contributed by atoms with Gasteiger partial charge in [-0.3, -0.25) is 4.79 Å². The molecule has 1 atom stereocenters. The van der Waals surface area contributed by atoms with Crippen molar-refractivity contribution in [2.45, 2.75) is 36.3 Å². The van der Waals surface area contributed by atoms with Gasteiger partial charge in [-0.25, -0.2) is 8.42 Å². The molecular formula is C21H26O6S. The molecule has 7 heteroatoms. The van der Waals surface area contributed by atoms with Gasteiger partial charge >= 0.3 is 5.97 Å². The van der Waals surface area contributed by atoms with Gasteiger partial charge in [-0.05, 0) is 62.6 Å². The van der Waals surface area contributed by atoms with Crippen molar-refractivity contribution in [1.29, 1.82) is 0 Å². The van der Waals surface area contributed by atoms with E-state index in [-0.39, 0.29) is 17.9 Å². The van der Waals surface area contributed by atoms with Crippen LogP contribution in [0, 0.1) is 0 Å². The van der Waals surface area contributed by atoms with Crippen molar-refractivity contribution < 1.29 is 27.4 Å². The Hall–Kier alpha value is -2.54. The summed E-state index contributed by atoms with van der Waals surface area (Å²) in [6.07, 6.45) is 1.32. The first-order valence-electron chi connectivity index (χ1n) is 9.21. The van der Waals surface area contributed by atoms with E-state index < -0.39 is 21.1 Å². The van der Waals surface area contributed by atoms with Crippen LogP contribution in [0.15, 0.2) is 59.5 Å². The third kappa shape index (κ3) is 5.99. The highest BCUT2D eigenvalue weighted by Gasteiger charge is 2.34. The standard InChI is InChI=1S/C21H26O6S/c1-3-26-21(22)20(11-7-8-16-27-18-9-5-4-6-10-18)28(23,24)19-14-12-17(25-2)13-15-19/h4-6,9-10,12-15,20H,3,7-8,11,16H2,1-2H3. The molecule has 0 aliphatic heterocycles. The molecule has 2 aromatic rings. The number of carbonyl (C=O) groups excluding carboxylic acids is 1. The first kappa shape index (κ1) is 21.8. The summed E-state index contributed by atoms with van der Waals surface area (Å²) in [5.74, 6) is 0.585. The van der Waals surface area contributed by atoms with E-state index in [1.54, 1.807) is 19.1 Å². The van der Waals surface area contributed by atoms with Crippen LogP contribution in [0.3, 0.4) is 0 Å². The molecule has 0 saturated heterocycles. The molecule has 0 saturated carbocycles. The molecule has 28 heavy (non-hydrogen) atoms. The highest BCUT2D eigenvalue weighted by Crippen LogP contribution is 2.24.